The second kappa shape index (κ2) is 5.20. The summed E-state index contributed by atoms with van der Waals surface area (Å²) in [5.41, 5.74) is 4.91. The minimum atomic E-state index is -2.83. The predicted octanol–water partition coefficient (Wildman–Crippen LogP) is 2.28. The zero-order valence-corrected chi connectivity index (χ0v) is 9.92. The number of carbonyl (C=O) groups excluding carboxylic acids is 1. The van der Waals surface area contributed by atoms with Gasteiger partial charge in [-0.1, -0.05) is 15.9 Å². The number of hydrogen-bond acceptors (Lipinski definition) is 4. The maximum atomic E-state index is 12.5. The molecule has 0 bridgehead atoms. The average Bonchev–Trinajstić information content (AvgIpc) is 2.27. The van der Waals surface area contributed by atoms with Crippen molar-refractivity contribution in [3.8, 4) is 0 Å². The van der Waals surface area contributed by atoms with Crippen LogP contribution in [0.5, 0.6) is 0 Å². The largest absolute Gasteiger partial charge is 0.464 e. The molecule has 0 fully saturated rings. The molecule has 4 nitrogen and oxygen atoms in total. The van der Waals surface area contributed by atoms with E-state index in [1.165, 1.54) is 6.07 Å². The van der Waals surface area contributed by atoms with Crippen LogP contribution in [0.3, 0.4) is 0 Å². The monoisotopic (exact) mass is 294 g/mol. The van der Waals surface area contributed by atoms with Crippen molar-refractivity contribution in [2.24, 2.45) is 0 Å². The van der Waals surface area contributed by atoms with Crippen molar-refractivity contribution in [1.29, 1.82) is 0 Å². The molecule has 1 heterocycles. The van der Waals surface area contributed by atoms with E-state index in [-0.39, 0.29) is 16.7 Å². The van der Waals surface area contributed by atoms with E-state index in [4.69, 9.17) is 5.73 Å². The Morgan fingerprint density at radius 1 is 1.69 bits per heavy atom. The summed E-state index contributed by atoms with van der Waals surface area (Å²) < 4.78 is 29.5. The first-order valence-electron chi connectivity index (χ1n) is 4.23. The summed E-state index contributed by atoms with van der Waals surface area (Å²) in [5.74, 6) is -0.767. The minimum absolute atomic E-state index is 0.142. The third kappa shape index (κ3) is 2.46. The normalized spacial score (nSPS) is 10.6. The molecule has 0 aliphatic rings. The Morgan fingerprint density at radius 2 is 2.31 bits per heavy atom. The van der Waals surface area contributed by atoms with Crippen LogP contribution < -0.4 is 5.73 Å². The molecule has 2 N–H and O–H groups in total. The number of carbonyl (C=O) groups is 1. The zero-order valence-electron chi connectivity index (χ0n) is 8.34. The van der Waals surface area contributed by atoms with Crippen LogP contribution >= 0.6 is 15.9 Å². The van der Waals surface area contributed by atoms with E-state index in [9.17, 15) is 13.6 Å². The maximum Gasteiger partial charge on any atom is 0.356 e. The Balaban J connectivity index is 3.34. The first-order chi connectivity index (χ1) is 7.51. The predicted molar refractivity (Wildman–Crippen MR) is 57.6 cm³/mol. The van der Waals surface area contributed by atoms with Gasteiger partial charge in [0.05, 0.1) is 12.8 Å². The van der Waals surface area contributed by atoms with Crippen LogP contribution in [-0.4, -0.2) is 18.1 Å². The lowest BCUT2D eigenvalue weighted by molar-refractivity contribution is 0.0591. The SMILES string of the molecule is COC(=O)c1nc(C(F)F)c(N)cc1CBr. The van der Waals surface area contributed by atoms with Crippen LogP contribution in [0.25, 0.3) is 0 Å². The number of hydrogen-bond donors (Lipinski definition) is 1. The summed E-state index contributed by atoms with van der Waals surface area (Å²) in [6.07, 6.45) is -2.83. The Hall–Kier alpha value is -1.24. The smallest absolute Gasteiger partial charge is 0.356 e. The van der Waals surface area contributed by atoms with E-state index in [1.54, 1.807) is 0 Å². The molecule has 1 rings (SSSR count). The van der Waals surface area contributed by atoms with Crippen LogP contribution in [-0.2, 0) is 10.1 Å². The molecule has 0 aromatic carbocycles. The summed E-state index contributed by atoms with van der Waals surface area (Å²) >= 11 is 3.11. The van der Waals surface area contributed by atoms with Crippen molar-refractivity contribution < 1.29 is 18.3 Å². The van der Waals surface area contributed by atoms with E-state index in [2.05, 4.69) is 25.7 Å². The Morgan fingerprint density at radius 3 is 2.75 bits per heavy atom. The standard InChI is InChI=1S/C9H9BrF2N2O2/c1-16-9(15)6-4(3-10)2-5(13)7(14-6)8(11)12/h2,8H,3,13H2,1H3. The van der Waals surface area contributed by atoms with Gasteiger partial charge in [0, 0.05) is 5.33 Å². The Labute approximate surface area is 98.9 Å². The van der Waals surface area contributed by atoms with E-state index >= 15 is 0 Å². The second-order valence-electron chi connectivity index (χ2n) is 2.90. The number of aromatic nitrogens is 1. The summed E-state index contributed by atoms with van der Waals surface area (Å²) in [5, 5.41) is 0.276. The van der Waals surface area contributed by atoms with Gasteiger partial charge >= 0.3 is 5.97 Å². The summed E-state index contributed by atoms with van der Waals surface area (Å²) in [7, 11) is 1.15. The third-order valence-corrected chi connectivity index (χ3v) is 2.50. The molecule has 0 unspecified atom stereocenters. The Kier molecular flexibility index (Phi) is 4.17. The highest BCUT2D eigenvalue weighted by atomic mass is 79.9. The number of ether oxygens (including phenoxy) is 1. The van der Waals surface area contributed by atoms with Crippen molar-refractivity contribution in [3.05, 3.63) is 23.0 Å². The number of nitrogens with two attached hydrogens (primary N) is 1. The molecule has 16 heavy (non-hydrogen) atoms. The van der Waals surface area contributed by atoms with Crippen LogP contribution in [0.1, 0.15) is 28.2 Å². The number of nitrogen functional groups attached to an aromatic ring is 1. The number of alkyl halides is 3. The van der Waals surface area contributed by atoms with Gasteiger partial charge in [-0.2, -0.15) is 0 Å². The molecular formula is C9H9BrF2N2O2. The lowest BCUT2D eigenvalue weighted by Gasteiger charge is -2.09. The molecule has 0 amide bonds. The minimum Gasteiger partial charge on any atom is -0.464 e. The van der Waals surface area contributed by atoms with Gasteiger partial charge in [-0.15, -0.1) is 0 Å². The van der Waals surface area contributed by atoms with Gasteiger partial charge in [-0.25, -0.2) is 18.6 Å². The van der Waals surface area contributed by atoms with Crippen molar-refractivity contribution in [2.75, 3.05) is 12.8 Å². The Bertz CT molecular complexity index is 413. The van der Waals surface area contributed by atoms with E-state index < -0.39 is 18.1 Å². The molecule has 0 saturated heterocycles. The highest BCUT2D eigenvalue weighted by Crippen LogP contribution is 2.26. The fourth-order valence-electron chi connectivity index (χ4n) is 1.14. The fourth-order valence-corrected chi connectivity index (χ4v) is 1.56. The quantitative estimate of drug-likeness (QED) is 0.686. The number of anilines is 1. The molecule has 0 spiro atoms. The van der Waals surface area contributed by atoms with Crippen LogP contribution in [0.15, 0.2) is 6.07 Å². The lowest BCUT2D eigenvalue weighted by atomic mass is 10.1. The van der Waals surface area contributed by atoms with Crippen LogP contribution in [0.2, 0.25) is 0 Å². The first-order valence-corrected chi connectivity index (χ1v) is 5.35. The fraction of sp³-hybridized carbons (Fsp3) is 0.333. The van der Waals surface area contributed by atoms with Gasteiger partial charge in [0.2, 0.25) is 0 Å². The summed E-state index contributed by atoms with van der Waals surface area (Å²) in [6, 6.07) is 1.29. The number of rotatable bonds is 3. The number of nitrogens with zero attached hydrogens (tertiary/aromatic N) is 1. The summed E-state index contributed by atoms with van der Waals surface area (Å²) in [4.78, 5) is 14.8. The van der Waals surface area contributed by atoms with Gasteiger partial charge in [0.15, 0.2) is 5.69 Å². The van der Waals surface area contributed by atoms with Crippen LogP contribution in [0.4, 0.5) is 14.5 Å². The van der Waals surface area contributed by atoms with Crippen molar-refractivity contribution in [2.45, 2.75) is 11.8 Å². The molecule has 0 saturated carbocycles. The average molecular weight is 295 g/mol. The second-order valence-corrected chi connectivity index (χ2v) is 3.46. The van der Waals surface area contributed by atoms with Gasteiger partial charge < -0.3 is 10.5 Å². The number of esters is 1. The van der Waals surface area contributed by atoms with E-state index in [1.807, 2.05) is 0 Å². The molecular weight excluding hydrogens is 286 g/mol. The van der Waals surface area contributed by atoms with E-state index in [0.717, 1.165) is 7.11 Å². The zero-order chi connectivity index (χ0) is 12.3. The number of pyridine rings is 1. The van der Waals surface area contributed by atoms with Crippen molar-refractivity contribution in [3.63, 3.8) is 0 Å². The molecule has 0 atom stereocenters. The van der Waals surface area contributed by atoms with Gasteiger partial charge in [0.1, 0.15) is 5.69 Å². The molecule has 1 aromatic heterocycles. The lowest BCUT2D eigenvalue weighted by Crippen LogP contribution is -2.12. The number of methoxy groups -OCH3 is 1. The van der Waals surface area contributed by atoms with Gasteiger partial charge in [-0.3, -0.25) is 0 Å². The molecule has 0 aliphatic heterocycles. The topological polar surface area (TPSA) is 65.2 Å². The van der Waals surface area contributed by atoms with E-state index in [0.29, 0.717) is 5.56 Å². The molecule has 7 heteroatoms. The number of halogens is 3. The summed E-state index contributed by atoms with van der Waals surface area (Å²) in [6.45, 7) is 0. The first kappa shape index (κ1) is 12.8. The molecule has 0 aliphatic carbocycles. The van der Waals surface area contributed by atoms with Crippen LogP contribution in [0, 0.1) is 0 Å². The van der Waals surface area contributed by atoms with Crippen molar-refractivity contribution in [1.82, 2.24) is 4.98 Å². The molecule has 0 radical (unpaired) electrons. The maximum absolute atomic E-state index is 12.5. The molecule has 88 valence electrons. The van der Waals surface area contributed by atoms with Gasteiger partial charge in [0.25, 0.3) is 6.43 Å². The van der Waals surface area contributed by atoms with Gasteiger partial charge in [-0.05, 0) is 11.6 Å². The highest BCUT2D eigenvalue weighted by molar-refractivity contribution is 9.08. The highest BCUT2D eigenvalue weighted by Gasteiger charge is 2.20. The van der Waals surface area contributed by atoms with Crippen molar-refractivity contribution >= 4 is 27.6 Å². The third-order valence-electron chi connectivity index (χ3n) is 1.89. The molecule has 1 aromatic rings.